The average Bonchev–Trinajstić information content (AvgIpc) is 2.74. The lowest BCUT2D eigenvalue weighted by Crippen LogP contribution is -2.40. The fourth-order valence-electron chi connectivity index (χ4n) is 4.11. The molecule has 2 fully saturated rings. The van der Waals surface area contributed by atoms with Gasteiger partial charge in [0.05, 0.1) is 0 Å². The van der Waals surface area contributed by atoms with E-state index in [-0.39, 0.29) is 11.7 Å². The maximum atomic E-state index is 13.3. The number of likely N-dealkylation sites (tertiary alicyclic amines) is 1. The van der Waals surface area contributed by atoms with Crippen LogP contribution in [0.1, 0.15) is 49.9 Å². The normalized spacial score (nSPS) is 18.9. The average molecular weight is 397 g/mol. The van der Waals surface area contributed by atoms with Crippen LogP contribution in [-0.4, -0.2) is 47.0 Å². The van der Waals surface area contributed by atoms with Gasteiger partial charge in [0.25, 0.3) is 5.91 Å². The van der Waals surface area contributed by atoms with Crippen molar-refractivity contribution in [2.24, 2.45) is 11.8 Å². The highest BCUT2D eigenvalue weighted by atomic mass is 19.1. The minimum Gasteiger partial charge on any atom is -0.356 e. The lowest BCUT2D eigenvalue weighted by molar-refractivity contribution is 0.0697. The highest BCUT2D eigenvalue weighted by Crippen LogP contribution is 2.29. The van der Waals surface area contributed by atoms with Gasteiger partial charge in [0.15, 0.2) is 5.82 Å². The van der Waals surface area contributed by atoms with E-state index in [9.17, 15) is 9.18 Å². The molecule has 0 bridgehead atoms. The van der Waals surface area contributed by atoms with E-state index in [1.165, 1.54) is 12.1 Å². The van der Waals surface area contributed by atoms with Crippen LogP contribution in [-0.2, 0) is 0 Å². The summed E-state index contributed by atoms with van der Waals surface area (Å²) in [4.78, 5) is 26.7. The van der Waals surface area contributed by atoms with Gasteiger partial charge in [0, 0.05) is 37.9 Å². The summed E-state index contributed by atoms with van der Waals surface area (Å²) in [6.45, 7) is 7.86. The van der Waals surface area contributed by atoms with Gasteiger partial charge in [-0.1, -0.05) is 13.8 Å². The van der Waals surface area contributed by atoms with Crippen LogP contribution in [0.25, 0.3) is 11.4 Å². The third-order valence-electron chi connectivity index (χ3n) is 6.26. The number of carbonyl (C=O) groups is 1. The molecular formula is C23H29FN4O. The van der Waals surface area contributed by atoms with E-state index in [0.29, 0.717) is 23.2 Å². The van der Waals surface area contributed by atoms with Gasteiger partial charge in [-0.3, -0.25) is 4.79 Å². The highest BCUT2D eigenvalue weighted by molar-refractivity contribution is 5.99. The standard InChI is InChI=1S/C23H29FN4O/c1-16-7-11-27(12-8-16)22-20(23(29)28-13-9-17(2)10-14-28)15-25-21(26-22)18-3-5-19(24)6-4-18/h3-6,15-17H,7-14H2,1-2H3. The second-order valence-corrected chi connectivity index (χ2v) is 8.58. The molecule has 1 amide bonds. The summed E-state index contributed by atoms with van der Waals surface area (Å²) < 4.78 is 13.3. The summed E-state index contributed by atoms with van der Waals surface area (Å²) in [5.41, 5.74) is 1.34. The number of carbonyl (C=O) groups excluding carboxylic acids is 1. The lowest BCUT2D eigenvalue weighted by Gasteiger charge is -2.34. The number of halogens is 1. The van der Waals surface area contributed by atoms with Gasteiger partial charge in [-0.2, -0.15) is 0 Å². The molecule has 0 spiro atoms. The molecule has 1 aromatic carbocycles. The monoisotopic (exact) mass is 396 g/mol. The highest BCUT2D eigenvalue weighted by Gasteiger charge is 2.28. The van der Waals surface area contributed by atoms with Gasteiger partial charge in [0.2, 0.25) is 0 Å². The molecule has 5 nitrogen and oxygen atoms in total. The van der Waals surface area contributed by atoms with Crippen molar-refractivity contribution in [1.29, 1.82) is 0 Å². The molecule has 0 atom stereocenters. The summed E-state index contributed by atoms with van der Waals surface area (Å²) >= 11 is 0. The first-order chi connectivity index (χ1) is 14.0. The number of rotatable bonds is 3. The minimum atomic E-state index is -0.287. The first-order valence-electron chi connectivity index (χ1n) is 10.7. The van der Waals surface area contributed by atoms with E-state index >= 15 is 0 Å². The zero-order valence-electron chi connectivity index (χ0n) is 17.3. The maximum Gasteiger partial charge on any atom is 0.259 e. The van der Waals surface area contributed by atoms with Gasteiger partial charge in [-0.25, -0.2) is 14.4 Å². The van der Waals surface area contributed by atoms with Gasteiger partial charge in [-0.15, -0.1) is 0 Å². The fourth-order valence-corrected chi connectivity index (χ4v) is 4.11. The molecule has 0 N–H and O–H groups in total. The van der Waals surface area contributed by atoms with E-state index in [4.69, 9.17) is 4.98 Å². The van der Waals surface area contributed by atoms with Crippen LogP contribution in [0, 0.1) is 17.7 Å². The van der Waals surface area contributed by atoms with Crippen molar-refractivity contribution in [3.05, 3.63) is 41.8 Å². The molecule has 1 aromatic heterocycles. The number of piperidine rings is 2. The van der Waals surface area contributed by atoms with E-state index < -0.39 is 0 Å². The Balaban J connectivity index is 1.67. The smallest absolute Gasteiger partial charge is 0.259 e. The first kappa shape index (κ1) is 19.8. The third-order valence-corrected chi connectivity index (χ3v) is 6.26. The Kier molecular flexibility index (Phi) is 5.79. The van der Waals surface area contributed by atoms with Crippen LogP contribution in [0.15, 0.2) is 30.5 Å². The number of benzene rings is 1. The van der Waals surface area contributed by atoms with Crippen molar-refractivity contribution in [3.63, 3.8) is 0 Å². The molecule has 4 rings (SSSR count). The van der Waals surface area contributed by atoms with Crippen LogP contribution in [0.3, 0.4) is 0 Å². The lowest BCUT2D eigenvalue weighted by atomic mass is 9.98. The third kappa shape index (κ3) is 4.41. The molecule has 2 aliphatic rings. The van der Waals surface area contributed by atoms with Crippen molar-refractivity contribution in [1.82, 2.24) is 14.9 Å². The zero-order valence-corrected chi connectivity index (χ0v) is 17.3. The van der Waals surface area contributed by atoms with Gasteiger partial charge in [0.1, 0.15) is 17.2 Å². The van der Waals surface area contributed by atoms with Crippen LogP contribution >= 0.6 is 0 Å². The Morgan fingerprint density at radius 2 is 1.55 bits per heavy atom. The van der Waals surface area contributed by atoms with Gasteiger partial charge in [-0.05, 0) is 61.8 Å². The predicted molar refractivity (Wildman–Crippen MR) is 112 cm³/mol. The molecule has 0 aliphatic carbocycles. The second kappa shape index (κ2) is 8.47. The molecule has 0 radical (unpaired) electrons. The maximum absolute atomic E-state index is 13.3. The number of anilines is 1. The number of hydrogen-bond acceptors (Lipinski definition) is 4. The first-order valence-corrected chi connectivity index (χ1v) is 10.7. The predicted octanol–water partition coefficient (Wildman–Crippen LogP) is 4.39. The molecule has 2 saturated heterocycles. The van der Waals surface area contributed by atoms with Crippen LogP contribution in [0.5, 0.6) is 0 Å². The van der Waals surface area contributed by atoms with Gasteiger partial charge < -0.3 is 9.80 Å². The molecule has 2 aromatic rings. The Morgan fingerprint density at radius 1 is 0.966 bits per heavy atom. The summed E-state index contributed by atoms with van der Waals surface area (Å²) in [5.74, 6) is 2.34. The molecule has 0 saturated carbocycles. The topological polar surface area (TPSA) is 49.3 Å². The molecule has 29 heavy (non-hydrogen) atoms. The van der Waals surface area contributed by atoms with Crippen molar-refractivity contribution < 1.29 is 9.18 Å². The number of aromatic nitrogens is 2. The second-order valence-electron chi connectivity index (χ2n) is 8.58. The van der Waals surface area contributed by atoms with E-state index in [1.807, 2.05) is 4.90 Å². The zero-order chi connectivity index (χ0) is 20.4. The number of hydrogen-bond donors (Lipinski definition) is 0. The van der Waals surface area contributed by atoms with Crippen LogP contribution in [0.2, 0.25) is 0 Å². The molecule has 154 valence electrons. The van der Waals surface area contributed by atoms with Crippen molar-refractivity contribution >= 4 is 11.7 Å². The van der Waals surface area contributed by atoms with E-state index in [2.05, 4.69) is 23.7 Å². The van der Waals surface area contributed by atoms with Gasteiger partial charge >= 0.3 is 0 Å². The Morgan fingerprint density at radius 3 is 2.17 bits per heavy atom. The quantitative estimate of drug-likeness (QED) is 0.772. The van der Waals surface area contributed by atoms with Crippen molar-refractivity contribution in [2.45, 2.75) is 39.5 Å². The Labute approximate surface area is 172 Å². The fraction of sp³-hybridized carbons (Fsp3) is 0.522. The largest absolute Gasteiger partial charge is 0.356 e. The molecule has 2 aliphatic heterocycles. The van der Waals surface area contributed by atoms with E-state index in [0.717, 1.165) is 63.2 Å². The van der Waals surface area contributed by atoms with E-state index in [1.54, 1.807) is 18.3 Å². The summed E-state index contributed by atoms with van der Waals surface area (Å²) in [5, 5.41) is 0. The number of nitrogens with zero attached hydrogens (tertiary/aromatic N) is 4. The Bertz CT molecular complexity index is 854. The SMILES string of the molecule is CC1CCN(C(=O)c2cnc(-c3ccc(F)cc3)nc2N2CCC(C)CC2)CC1. The Hall–Kier alpha value is -2.50. The minimum absolute atomic E-state index is 0.0242. The van der Waals surface area contributed by atoms with Crippen molar-refractivity contribution in [2.75, 3.05) is 31.1 Å². The van der Waals surface area contributed by atoms with Crippen molar-refractivity contribution in [3.8, 4) is 11.4 Å². The van der Waals surface area contributed by atoms with Crippen LogP contribution < -0.4 is 4.90 Å². The molecular weight excluding hydrogens is 367 g/mol. The molecule has 0 unspecified atom stereocenters. The summed E-state index contributed by atoms with van der Waals surface area (Å²) in [6.07, 6.45) is 5.92. The summed E-state index contributed by atoms with van der Waals surface area (Å²) in [6, 6.07) is 6.18. The number of amides is 1. The molecule has 6 heteroatoms. The summed E-state index contributed by atoms with van der Waals surface area (Å²) in [7, 11) is 0. The van der Waals surface area contributed by atoms with Crippen LogP contribution in [0.4, 0.5) is 10.2 Å². The molecule has 3 heterocycles.